The molecule has 1 rings (SSSR count). The second kappa shape index (κ2) is 5.16. The summed E-state index contributed by atoms with van der Waals surface area (Å²) in [5.74, 6) is -0.0458. The molecule has 76 valence electrons. The number of hydrogen-bond donors (Lipinski definition) is 3. The van der Waals surface area contributed by atoms with Gasteiger partial charge < -0.3 is 21.1 Å². The van der Waals surface area contributed by atoms with Crippen molar-refractivity contribution in [3.05, 3.63) is 0 Å². The molecule has 1 unspecified atom stereocenters. The Kier molecular flexibility index (Phi) is 4.14. The van der Waals surface area contributed by atoms with Crippen LogP contribution in [0.2, 0.25) is 0 Å². The van der Waals surface area contributed by atoms with Gasteiger partial charge in [-0.3, -0.25) is 4.79 Å². The van der Waals surface area contributed by atoms with Gasteiger partial charge in [-0.1, -0.05) is 0 Å². The van der Waals surface area contributed by atoms with E-state index < -0.39 is 6.04 Å². The molecule has 4 N–H and O–H groups in total. The Balaban J connectivity index is 2.36. The fourth-order valence-corrected chi connectivity index (χ4v) is 1.38. The number of rotatable bonds is 3. The molecule has 0 aliphatic carbocycles. The molecule has 1 aliphatic rings. The molecule has 0 radical (unpaired) electrons. The monoisotopic (exact) mass is 187 g/mol. The number of carbonyl (C=O) groups excluding carboxylic acids is 1. The molecule has 0 bridgehead atoms. The summed E-state index contributed by atoms with van der Waals surface area (Å²) >= 11 is 0. The second-order valence-electron chi connectivity index (χ2n) is 3.19. The topological polar surface area (TPSA) is 78.6 Å². The summed E-state index contributed by atoms with van der Waals surface area (Å²) in [6, 6.07) is -0.539. The van der Waals surface area contributed by atoms with E-state index in [0.717, 1.165) is 26.2 Å². The first-order chi connectivity index (χ1) is 6.25. The van der Waals surface area contributed by atoms with E-state index in [2.05, 4.69) is 5.32 Å². The minimum atomic E-state index is -0.539. The first-order valence-corrected chi connectivity index (χ1v) is 4.61. The number of aliphatic hydroxyl groups excluding tert-OH is 1. The predicted molar refractivity (Wildman–Crippen MR) is 49.1 cm³/mol. The summed E-state index contributed by atoms with van der Waals surface area (Å²) in [6.45, 7) is 3.07. The van der Waals surface area contributed by atoms with Gasteiger partial charge in [0.1, 0.15) is 0 Å². The van der Waals surface area contributed by atoms with Crippen LogP contribution in [0.4, 0.5) is 0 Å². The van der Waals surface area contributed by atoms with Crippen molar-refractivity contribution < 1.29 is 9.90 Å². The number of aliphatic hydroxyl groups is 1. The summed E-state index contributed by atoms with van der Waals surface area (Å²) < 4.78 is 0. The van der Waals surface area contributed by atoms with Gasteiger partial charge in [0.05, 0.1) is 6.04 Å². The molecule has 0 aromatic heterocycles. The summed E-state index contributed by atoms with van der Waals surface area (Å²) in [7, 11) is 0. The Hall–Kier alpha value is -0.650. The van der Waals surface area contributed by atoms with Gasteiger partial charge in [-0.2, -0.15) is 0 Å². The minimum absolute atomic E-state index is 0.0288. The molecular weight excluding hydrogens is 170 g/mol. The van der Waals surface area contributed by atoms with Gasteiger partial charge in [0.15, 0.2) is 0 Å². The number of nitrogens with one attached hydrogen (secondary N) is 1. The van der Waals surface area contributed by atoms with Crippen LogP contribution < -0.4 is 11.1 Å². The van der Waals surface area contributed by atoms with Crippen LogP contribution >= 0.6 is 0 Å². The van der Waals surface area contributed by atoms with Gasteiger partial charge in [0.25, 0.3) is 0 Å². The SMILES string of the molecule is NC(CCO)C(=O)N1CCNCC1. The largest absolute Gasteiger partial charge is 0.396 e. The average Bonchev–Trinajstić information content (AvgIpc) is 2.18. The van der Waals surface area contributed by atoms with Gasteiger partial charge in [-0.15, -0.1) is 0 Å². The smallest absolute Gasteiger partial charge is 0.239 e. The molecular formula is C8H17N3O2. The van der Waals surface area contributed by atoms with Crippen molar-refractivity contribution in [2.45, 2.75) is 12.5 Å². The highest BCUT2D eigenvalue weighted by molar-refractivity contribution is 5.81. The summed E-state index contributed by atoms with van der Waals surface area (Å²) in [5, 5.41) is 11.8. The van der Waals surface area contributed by atoms with E-state index in [4.69, 9.17) is 10.8 Å². The molecule has 5 heteroatoms. The van der Waals surface area contributed by atoms with Gasteiger partial charge in [-0.05, 0) is 6.42 Å². The summed E-state index contributed by atoms with van der Waals surface area (Å²) in [4.78, 5) is 13.3. The van der Waals surface area contributed by atoms with Crippen molar-refractivity contribution in [3.8, 4) is 0 Å². The number of amides is 1. The normalized spacial score (nSPS) is 20.0. The Morgan fingerprint density at radius 1 is 1.54 bits per heavy atom. The highest BCUT2D eigenvalue weighted by Crippen LogP contribution is 1.98. The third-order valence-corrected chi connectivity index (χ3v) is 2.19. The maximum Gasteiger partial charge on any atom is 0.239 e. The van der Waals surface area contributed by atoms with E-state index in [1.165, 1.54) is 0 Å². The van der Waals surface area contributed by atoms with Crippen LogP contribution in [0.5, 0.6) is 0 Å². The minimum Gasteiger partial charge on any atom is -0.396 e. The van der Waals surface area contributed by atoms with Crippen LogP contribution in [-0.4, -0.2) is 54.7 Å². The quantitative estimate of drug-likeness (QED) is 0.483. The van der Waals surface area contributed by atoms with Gasteiger partial charge in [0, 0.05) is 32.8 Å². The average molecular weight is 187 g/mol. The van der Waals surface area contributed by atoms with E-state index in [0.29, 0.717) is 6.42 Å². The molecule has 0 aromatic carbocycles. The number of hydrogen-bond acceptors (Lipinski definition) is 4. The van der Waals surface area contributed by atoms with E-state index in [1.54, 1.807) is 4.90 Å². The molecule has 0 aromatic rings. The van der Waals surface area contributed by atoms with Crippen LogP contribution in [0.3, 0.4) is 0 Å². The van der Waals surface area contributed by atoms with Crippen molar-refractivity contribution in [1.82, 2.24) is 10.2 Å². The standard InChI is InChI=1S/C8H17N3O2/c9-7(1-6-12)8(13)11-4-2-10-3-5-11/h7,10,12H,1-6,9H2. The molecule has 5 nitrogen and oxygen atoms in total. The predicted octanol–water partition coefficient (Wildman–Crippen LogP) is -1.87. The molecule has 1 saturated heterocycles. The van der Waals surface area contributed by atoms with Crippen molar-refractivity contribution in [1.29, 1.82) is 0 Å². The number of piperazine rings is 1. The lowest BCUT2D eigenvalue weighted by atomic mass is 10.2. The van der Waals surface area contributed by atoms with E-state index in [9.17, 15) is 4.79 Å². The second-order valence-corrected chi connectivity index (χ2v) is 3.19. The lowest BCUT2D eigenvalue weighted by Gasteiger charge is -2.29. The zero-order valence-corrected chi connectivity index (χ0v) is 7.70. The molecule has 1 aliphatic heterocycles. The third-order valence-electron chi connectivity index (χ3n) is 2.19. The van der Waals surface area contributed by atoms with Crippen LogP contribution in [0.1, 0.15) is 6.42 Å². The summed E-state index contributed by atoms with van der Waals surface area (Å²) in [5.41, 5.74) is 5.59. The fourth-order valence-electron chi connectivity index (χ4n) is 1.38. The third kappa shape index (κ3) is 2.95. The first-order valence-electron chi connectivity index (χ1n) is 4.61. The Bertz CT molecular complexity index is 169. The zero-order valence-electron chi connectivity index (χ0n) is 7.70. The van der Waals surface area contributed by atoms with Crippen LogP contribution in [-0.2, 0) is 4.79 Å². The molecule has 0 saturated carbocycles. The Morgan fingerprint density at radius 2 is 2.15 bits per heavy atom. The van der Waals surface area contributed by atoms with Gasteiger partial charge in [0.2, 0.25) is 5.91 Å². The molecule has 1 fully saturated rings. The molecule has 1 amide bonds. The number of carbonyl (C=O) groups is 1. The van der Waals surface area contributed by atoms with E-state index in [1.807, 2.05) is 0 Å². The van der Waals surface area contributed by atoms with Gasteiger partial charge >= 0.3 is 0 Å². The molecule has 1 atom stereocenters. The number of nitrogens with two attached hydrogens (primary N) is 1. The van der Waals surface area contributed by atoms with Crippen molar-refractivity contribution in [2.24, 2.45) is 5.73 Å². The fraction of sp³-hybridized carbons (Fsp3) is 0.875. The lowest BCUT2D eigenvalue weighted by molar-refractivity contribution is -0.133. The highest BCUT2D eigenvalue weighted by Gasteiger charge is 2.21. The highest BCUT2D eigenvalue weighted by atomic mass is 16.3. The van der Waals surface area contributed by atoms with Crippen molar-refractivity contribution in [2.75, 3.05) is 32.8 Å². The molecule has 0 spiro atoms. The number of nitrogens with zero attached hydrogens (tertiary/aromatic N) is 1. The first kappa shape index (κ1) is 10.4. The summed E-state index contributed by atoms with van der Waals surface area (Å²) in [6.07, 6.45) is 0.350. The van der Waals surface area contributed by atoms with Crippen LogP contribution in [0.15, 0.2) is 0 Å². The Labute approximate surface area is 77.9 Å². The molecule has 13 heavy (non-hydrogen) atoms. The van der Waals surface area contributed by atoms with E-state index in [-0.39, 0.29) is 12.5 Å². The molecule has 1 heterocycles. The zero-order chi connectivity index (χ0) is 9.68. The Morgan fingerprint density at radius 3 is 2.69 bits per heavy atom. The maximum atomic E-state index is 11.6. The van der Waals surface area contributed by atoms with Crippen LogP contribution in [0.25, 0.3) is 0 Å². The van der Waals surface area contributed by atoms with Crippen molar-refractivity contribution >= 4 is 5.91 Å². The maximum absolute atomic E-state index is 11.6. The van der Waals surface area contributed by atoms with Crippen molar-refractivity contribution in [3.63, 3.8) is 0 Å². The van der Waals surface area contributed by atoms with E-state index >= 15 is 0 Å². The van der Waals surface area contributed by atoms with Gasteiger partial charge in [-0.25, -0.2) is 0 Å². The lowest BCUT2D eigenvalue weighted by Crippen LogP contribution is -2.52. The van der Waals surface area contributed by atoms with Crippen LogP contribution in [0, 0.1) is 0 Å².